The number of hydrogen-bond acceptors (Lipinski definition) is 7. The standard InChI is InChI=1S/C31H35N5O2/c1-23(2)31(3,30-14-12-28(20-33-30)38-22-27-6-4-5-15-32-27)25-9-7-24(8-10-25)29-13-11-26(34-35-29)21-36-16-18-37-19-17-36/h4-15,20,23H,16-19,21-22H2,1-3H3. The van der Waals surface area contributed by atoms with Crippen molar-refractivity contribution >= 4 is 0 Å². The third-order valence-electron chi connectivity index (χ3n) is 7.53. The summed E-state index contributed by atoms with van der Waals surface area (Å²) in [5.41, 5.74) is 5.77. The number of hydrogen-bond donors (Lipinski definition) is 0. The van der Waals surface area contributed by atoms with Gasteiger partial charge in [0.15, 0.2) is 0 Å². The van der Waals surface area contributed by atoms with Crippen LogP contribution in [-0.2, 0) is 23.3 Å². The molecule has 1 aromatic carbocycles. The highest BCUT2D eigenvalue weighted by molar-refractivity contribution is 5.59. The van der Waals surface area contributed by atoms with Crippen LogP contribution in [0.1, 0.15) is 43.4 Å². The van der Waals surface area contributed by atoms with E-state index >= 15 is 0 Å². The molecule has 1 saturated heterocycles. The van der Waals surface area contributed by atoms with Crippen LogP contribution >= 0.6 is 0 Å². The van der Waals surface area contributed by atoms with Gasteiger partial charge >= 0.3 is 0 Å². The number of aromatic nitrogens is 4. The SMILES string of the molecule is CC(C)C(C)(c1ccc(-c2ccc(CN3CCOCC3)nn2)cc1)c1ccc(OCc2ccccn2)cn1. The predicted molar refractivity (Wildman–Crippen MR) is 148 cm³/mol. The second kappa shape index (κ2) is 11.8. The van der Waals surface area contributed by atoms with E-state index in [4.69, 9.17) is 14.5 Å². The Morgan fingerprint density at radius 3 is 2.34 bits per heavy atom. The predicted octanol–water partition coefficient (Wildman–Crippen LogP) is 5.31. The second-order valence-electron chi connectivity index (χ2n) is 10.2. The highest BCUT2D eigenvalue weighted by Crippen LogP contribution is 2.39. The van der Waals surface area contributed by atoms with Crippen molar-refractivity contribution < 1.29 is 9.47 Å². The Balaban J connectivity index is 1.28. The Bertz CT molecular complexity index is 1290. The Kier molecular flexibility index (Phi) is 8.05. The summed E-state index contributed by atoms with van der Waals surface area (Å²) in [4.78, 5) is 11.5. The zero-order valence-corrected chi connectivity index (χ0v) is 22.4. The molecule has 7 nitrogen and oxygen atoms in total. The molecule has 1 aliphatic rings. The van der Waals surface area contributed by atoms with Crippen LogP contribution in [0.5, 0.6) is 5.75 Å². The maximum Gasteiger partial charge on any atom is 0.138 e. The molecule has 38 heavy (non-hydrogen) atoms. The van der Waals surface area contributed by atoms with E-state index in [1.54, 1.807) is 12.4 Å². The number of morpholine rings is 1. The van der Waals surface area contributed by atoms with E-state index in [0.29, 0.717) is 12.5 Å². The van der Waals surface area contributed by atoms with Crippen LogP contribution in [0.25, 0.3) is 11.3 Å². The molecule has 196 valence electrons. The Morgan fingerprint density at radius 1 is 0.895 bits per heavy atom. The number of rotatable bonds is 9. The Hall–Kier alpha value is -3.68. The van der Waals surface area contributed by atoms with Gasteiger partial charge < -0.3 is 9.47 Å². The molecule has 0 bridgehead atoms. The fraction of sp³-hybridized carbons (Fsp3) is 0.355. The van der Waals surface area contributed by atoms with E-state index in [9.17, 15) is 0 Å². The molecule has 4 heterocycles. The van der Waals surface area contributed by atoms with E-state index < -0.39 is 0 Å². The van der Waals surface area contributed by atoms with Gasteiger partial charge in [-0.3, -0.25) is 14.9 Å². The second-order valence-corrected chi connectivity index (χ2v) is 10.2. The number of benzene rings is 1. The monoisotopic (exact) mass is 509 g/mol. The van der Waals surface area contributed by atoms with Gasteiger partial charge in [-0.2, -0.15) is 10.2 Å². The van der Waals surface area contributed by atoms with Crippen LogP contribution in [0.3, 0.4) is 0 Å². The number of pyridine rings is 2. The van der Waals surface area contributed by atoms with Crippen LogP contribution in [0.2, 0.25) is 0 Å². The summed E-state index contributed by atoms with van der Waals surface area (Å²) in [6.45, 7) is 11.4. The van der Waals surface area contributed by atoms with Crippen molar-refractivity contribution in [2.24, 2.45) is 5.92 Å². The lowest BCUT2D eigenvalue weighted by Gasteiger charge is -2.34. The third kappa shape index (κ3) is 5.90. The Labute approximate surface area is 224 Å². The van der Waals surface area contributed by atoms with Crippen molar-refractivity contribution in [1.29, 1.82) is 0 Å². The van der Waals surface area contributed by atoms with Gasteiger partial charge in [0.1, 0.15) is 12.4 Å². The molecule has 0 N–H and O–H groups in total. The normalized spacial score (nSPS) is 15.8. The topological polar surface area (TPSA) is 73.3 Å². The molecular formula is C31H35N5O2. The summed E-state index contributed by atoms with van der Waals surface area (Å²) in [6.07, 6.45) is 3.58. The van der Waals surface area contributed by atoms with Crippen molar-refractivity contribution in [3.8, 4) is 17.0 Å². The number of ether oxygens (including phenoxy) is 2. The molecule has 0 spiro atoms. The van der Waals surface area contributed by atoms with Gasteiger partial charge in [-0.15, -0.1) is 0 Å². The van der Waals surface area contributed by atoms with Gasteiger partial charge in [-0.05, 0) is 54.8 Å². The first-order valence-corrected chi connectivity index (χ1v) is 13.3. The maximum atomic E-state index is 5.90. The summed E-state index contributed by atoms with van der Waals surface area (Å²) in [5, 5.41) is 8.99. The van der Waals surface area contributed by atoms with Crippen molar-refractivity contribution in [2.45, 2.75) is 39.3 Å². The average Bonchev–Trinajstić information content (AvgIpc) is 2.97. The lowest BCUT2D eigenvalue weighted by molar-refractivity contribution is 0.0335. The average molecular weight is 510 g/mol. The lowest BCUT2D eigenvalue weighted by Crippen LogP contribution is -2.35. The van der Waals surface area contributed by atoms with Gasteiger partial charge in [0.25, 0.3) is 0 Å². The molecule has 1 fully saturated rings. The smallest absolute Gasteiger partial charge is 0.138 e. The zero-order valence-electron chi connectivity index (χ0n) is 22.4. The zero-order chi connectivity index (χ0) is 26.4. The van der Waals surface area contributed by atoms with Crippen LogP contribution in [-0.4, -0.2) is 51.4 Å². The molecule has 0 saturated carbocycles. The van der Waals surface area contributed by atoms with E-state index in [0.717, 1.165) is 66.9 Å². The highest BCUT2D eigenvalue weighted by Gasteiger charge is 2.34. The van der Waals surface area contributed by atoms with Gasteiger partial charge in [-0.1, -0.05) is 44.2 Å². The van der Waals surface area contributed by atoms with Crippen molar-refractivity contribution in [1.82, 2.24) is 25.1 Å². The van der Waals surface area contributed by atoms with Gasteiger partial charge in [0, 0.05) is 36.8 Å². The van der Waals surface area contributed by atoms with Crippen molar-refractivity contribution in [3.63, 3.8) is 0 Å². The van der Waals surface area contributed by atoms with Crippen LogP contribution in [0.4, 0.5) is 0 Å². The molecule has 5 rings (SSSR count). The van der Waals surface area contributed by atoms with Crippen LogP contribution in [0.15, 0.2) is 79.1 Å². The number of nitrogens with zero attached hydrogens (tertiary/aromatic N) is 5. The van der Waals surface area contributed by atoms with Gasteiger partial charge in [-0.25, -0.2) is 0 Å². The van der Waals surface area contributed by atoms with E-state index in [-0.39, 0.29) is 5.41 Å². The first-order chi connectivity index (χ1) is 18.5. The Morgan fingerprint density at radius 2 is 1.71 bits per heavy atom. The minimum atomic E-state index is -0.258. The molecule has 1 atom stereocenters. The highest BCUT2D eigenvalue weighted by atomic mass is 16.5. The molecular weight excluding hydrogens is 474 g/mol. The van der Waals surface area contributed by atoms with Gasteiger partial charge in [0.05, 0.1) is 42.2 Å². The molecule has 1 unspecified atom stereocenters. The summed E-state index contributed by atoms with van der Waals surface area (Å²) in [7, 11) is 0. The molecule has 0 aliphatic carbocycles. The summed E-state index contributed by atoms with van der Waals surface area (Å²) >= 11 is 0. The first kappa shape index (κ1) is 25.9. The fourth-order valence-electron chi connectivity index (χ4n) is 4.76. The minimum Gasteiger partial charge on any atom is -0.486 e. The maximum absolute atomic E-state index is 5.90. The third-order valence-corrected chi connectivity index (χ3v) is 7.53. The summed E-state index contributed by atoms with van der Waals surface area (Å²) < 4.78 is 11.3. The quantitative estimate of drug-likeness (QED) is 0.303. The van der Waals surface area contributed by atoms with E-state index in [1.165, 1.54) is 5.56 Å². The largest absolute Gasteiger partial charge is 0.486 e. The van der Waals surface area contributed by atoms with Crippen molar-refractivity contribution in [3.05, 3.63) is 102 Å². The van der Waals surface area contributed by atoms with Crippen LogP contribution < -0.4 is 4.74 Å². The summed E-state index contributed by atoms with van der Waals surface area (Å²) in [5.74, 6) is 1.07. The molecule has 0 amide bonds. The van der Waals surface area contributed by atoms with Gasteiger partial charge in [0.2, 0.25) is 0 Å². The minimum absolute atomic E-state index is 0.258. The lowest BCUT2D eigenvalue weighted by atomic mass is 9.70. The molecule has 1 aliphatic heterocycles. The van der Waals surface area contributed by atoms with E-state index in [2.05, 4.69) is 83.3 Å². The van der Waals surface area contributed by atoms with Crippen LogP contribution in [0, 0.1) is 5.92 Å². The molecule has 3 aromatic heterocycles. The molecule has 0 radical (unpaired) electrons. The van der Waals surface area contributed by atoms with Crippen molar-refractivity contribution in [2.75, 3.05) is 26.3 Å². The molecule has 4 aromatic rings. The molecule has 7 heteroatoms. The van der Waals surface area contributed by atoms with E-state index in [1.807, 2.05) is 24.3 Å². The fourth-order valence-corrected chi connectivity index (χ4v) is 4.76. The summed E-state index contributed by atoms with van der Waals surface area (Å²) in [6, 6.07) is 22.6. The first-order valence-electron chi connectivity index (χ1n) is 13.3.